The lowest BCUT2D eigenvalue weighted by molar-refractivity contribution is -0.140. The molecular weight excluding hydrogens is 216 g/mol. The molecular formula is C14H26O3. The van der Waals surface area contributed by atoms with Crippen molar-refractivity contribution in [3.05, 3.63) is 0 Å². The molecule has 0 aliphatic rings. The van der Waals surface area contributed by atoms with Crippen LogP contribution in [0.15, 0.2) is 0 Å². The zero-order valence-electron chi connectivity index (χ0n) is 11.5. The van der Waals surface area contributed by atoms with Gasteiger partial charge >= 0.3 is 5.97 Å². The average Bonchev–Trinajstić information content (AvgIpc) is 2.31. The summed E-state index contributed by atoms with van der Waals surface area (Å²) in [6.45, 7) is 3.66. The summed E-state index contributed by atoms with van der Waals surface area (Å²) < 4.78 is 4.57. The van der Waals surface area contributed by atoms with Crippen molar-refractivity contribution in [2.75, 3.05) is 7.11 Å². The Balaban J connectivity index is 3.19. The van der Waals surface area contributed by atoms with Gasteiger partial charge in [0.15, 0.2) is 0 Å². The van der Waals surface area contributed by atoms with Crippen LogP contribution < -0.4 is 0 Å². The molecule has 0 bridgehead atoms. The third-order valence-corrected chi connectivity index (χ3v) is 3.19. The van der Waals surface area contributed by atoms with Gasteiger partial charge in [0.25, 0.3) is 0 Å². The summed E-state index contributed by atoms with van der Waals surface area (Å²) in [7, 11) is 1.43. The normalized spacial score (nSPS) is 12.2. The summed E-state index contributed by atoms with van der Waals surface area (Å²) in [6, 6.07) is 0. The van der Waals surface area contributed by atoms with E-state index in [-0.39, 0.29) is 11.9 Å². The van der Waals surface area contributed by atoms with Gasteiger partial charge in [0.05, 0.1) is 7.11 Å². The number of methoxy groups -OCH3 is 1. The zero-order valence-corrected chi connectivity index (χ0v) is 11.5. The quantitative estimate of drug-likeness (QED) is 0.435. The minimum atomic E-state index is -0.111. The number of esters is 1. The summed E-state index contributed by atoms with van der Waals surface area (Å²) in [4.78, 5) is 21.8. The molecule has 0 rings (SSSR count). The Morgan fingerprint density at radius 3 is 2.06 bits per heavy atom. The third-order valence-electron chi connectivity index (χ3n) is 3.19. The van der Waals surface area contributed by atoms with Gasteiger partial charge in [0.2, 0.25) is 0 Å². The smallest absolute Gasteiger partial charge is 0.305 e. The van der Waals surface area contributed by atoms with Gasteiger partial charge in [-0.3, -0.25) is 9.59 Å². The predicted molar refractivity (Wildman–Crippen MR) is 68.8 cm³/mol. The lowest BCUT2D eigenvalue weighted by Crippen LogP contribution is -2.05. The van der Waals surface area contributed by atoms with Gasteiger partial charge < -0.3 is 4.74 Å². The highest BCUT2D eigenvalue weighted by Gasteiger charge is 2.06. The topological polar surface area (TPSA) is 43.4 Å². The van der Waals surface area contributed by atoms with Crippen LogP contribution in [-0.4, -0.2) is 18.9 Å². The Morgan fingerprint density at radius 2 is 1.53 bits per heavy atom. The summed E-state index contributed by atoms with van der Waals surface area (Å²) in [5.41, 5.74) is 0. The van der Waals surface area contributed by atoms with E-state index >= 15 is 0 Å². The van der Waals surface area contributed by atoms with Gasteiger partial charge in [-0.25, -0.2) is 0 Å². The molecule has 0 spiro atoms. The highest BCUT2D eigenvalue weighted by Crippen LogP contribution is 2.13. The largest absolute Gasteiger partial charge is 0.469 e. The number of hydrogen-bond donors (Lipinski definition) is 0. The molecule has 0 radical (unpaired) electrons. The van der Waals surface area contributed by atoms with Gasteiger partial charge in [-0.15, -0.1) is 0 Å². The van der Waals surface area contributed by atoms with Gasteiger partial charge in [-0.2, -0.15) is 0 Å². The highest BCUT2D eigenvalue weighted by atomic mass is 16.5. The zero-order chi connectivity index (χ0) is 13.1. The fourth-order valence-corrected chi connectivity index (χ4v) is 1.73. The molecule has 0 saturated carbocycles. The van der Waals surface area contributed by atoms with Crippen LogP contribution in [0.5, 0.6) is 0 Å². The molecule has 1 unspecified atom stereocenters. The van der Waals surface area contributed by atoms with Gasteiger partial charge in [0.1, 0.15) is 5.78 Å². The van der Waals surface area contributed by atoms with E-state index in [0.717, 1.165) is 25.7 Å². The number of carbonyl (C=O) groups is 2. The maximum absolute atomic E-state index is 11.0. The SMILES string of the molecule is COC(=O)CCCCCCCCC(C)C(C)=O. The second kappa shape index (κ2) is 10.3. The van der Waals surface area contributed by atoms with Crippen LogP contribution in [0.4, 0.5) is 0 Å². The second-order valence-corrected chi connectivity index (χ2v) is 4.75. The van der Waals surface area contributed by atoms with E-state index in [0.29, 0.717) is 12.2 Å². The van der Waals surface area contributed by atoms with E-state index in [9.17, 15) is 9.59 Å². The Labute approximate surface area is 105 Å². The molecule has 3 heteroatoms. The molecule has 0 saturated heterocycles. The van der Waals surface area contributed by atoms with E-state index in [1.807, 2.05) is 6.92 Å². The summed E-state index contributed by atoms with van der Waals surface area (Å²) in [6.07, 6.45) is 8.27. The Bertz CT molecular complexity index is 224. The molecule has 1 atom stereocenters. The molecule has 0 heterocycles. The predicted octanol–water partition coefficient (Wildman–Crippen LogP) is 3.51. The molecule has 0 fully saturated rings. The Hall–Kier alpha value is -0.860. The van der Waals surface area contributed by atoms with Crippen molar-refractivity contribution in [3.8, 4) is 0 Å². The minimum absolute atomic E-state index is 0.111. The number of carbonyl (C=O) groups excluding carboxylic acids is 2. The minimum Gasteiger partial charge on any atom is -0.469 e. The first-order valence-electron chi connectivity index (χ1n) is 6.65. The summed E-state index contributed by atoms with van der Waals surface area (Å²) in [5.74, 6) is 0.401. The fourth-order valence-electron chi connectivity index (χ4n) is 1.73. The second-order valence-electron chi connectivity index (χ2n) is 4.75. The van der Waals surface area contributed by atoms with Crippen LogP contribution in [0.3, 0.4) is 0 Å². The molecule has 100 valence electrons. The highest BCUT2D eigenvalue weighted by molar-refractivity contribution is 5.77. The van der Waals surface area contributed by atoms with Crippen molar-refractivity contribution >= 4 is 11.8 Å². The summed E-state index contributed by atoms with van der Waals surface area (Å²) >= 11 is 0. The number of ketones is 1. The summed E-state index contributed by atoms with van der Waals surface area (Å²) in [5, 5.41) is 0. The standard InChI is InChI=1S/C14H26O3/c1-12(13(2)15)10-8-6-4-5-7-9-11-14(16)17-3/h12H,4-11H2,1-3H3. The van der Waals surface area contributed by atoms with Crippen LogP contribution in [0.1, 0.15) is 65.2 Å². The van der Waals surface area contributed by atoms with Gasteiger partial charge in [-0.05, 0) is 19.8 Å². The number of unbranched alkanes of at least 4 members (excludes halogenated alkanes) is 5. The fraction of sp³-hybridized carbons (Fsp3) is 0.857. The van der Waals surface area contributed by atoms with E-state index in [4.69, 9.17) is 0 Å². The lowest BCUT2D eigenvalue weighted by atomic mass is 9.99. The molecule has 0 amide bonds. The van der Waals surface area contributed by atoms with Gasteiger partial charge in [-0.1, -0.05) is 39.0 Å². The molecule has 0 aromatic carbocycles. The van der Waals surface area contributed by atoms with Crippen molar-refractivity contribution in [2.24, 2.45) is 5.92 Å². The first-order valence-corrected chi connectivity index (χ1v) is 6.65. The number of hydrogen-bond acceptors (Lipinski definition) is 3. The van der Waals surface area contributed by atoms with Crippen molar-refractivity contribution in [1.29, 1.82) is 0 Å². The van der Waals surface area contributed by atoms with Crippen LogP contribution in [-0.2, 0) is 14.3 Å². The monoisotopic (exact) mass is 242 g/mol. The van der Waals surface area contributed by atoms with Crippen LogP contribution in [0.2, 0.25) is 0 Å². The maximum atomic E-state index is 11.0. The number of Topliss-reactive ketones (excluding diaryl/α,β-unsaturated/α-hetero) is 1. The van der Waals surface area contributed by atoms with E-state index in [1.165, 1.54) is 26.4 Å². The van der Waals surface area contributed by atoms with E-state index in [2.05, 4.69) is 4.74 Å². The molecule has 0 aliphatic carbocycles. The van der Waals surface area contributed by atoms with Crippen LogP contribution in [0, 0.1) is 5.92 Å². The number of rotatable bonds is 10. The molecule has 0 aromatic rings. The van der Waals surface area contributed by atoms with Crippen LogP contribution >= 0.6 is 0 Å². The van der Waals surface area contributed by atoms with E-state index < -0.39 is 0 Å². The lowest BCUT2D eigenvalue weighted by Gasteiger charge is -2.06. The Morgan fingerprint density at radius 1 is 1.00 bits per heavy atom. The van der Waals surface area contributed by atoms with E-state index in [1.54, 1.807) is 6.92 Å². The third kappa shape index (κ3) is 10.0. The van der Waals surface area contributed by atoms with Crippen LogP contribution in [0.25, 0.3) is 0 Å². The van der Waals surface area contributed by atoms with Crippen molar-refractivity contribution in [1.82, 2.24) is 0 Å². The molecule has 17 heavy (non-hydrogen) atoms. The number of ether oxygens (including phenoxy) is 1. The first kappa shape index (κ1) is 16.1. The maximum Gasteiger partial charge on any atom is 0.305 e. The van der Waals surface area contributed by atoms with Crippen molar-refractivity contribution in [3.63, 3.8) is 0 Å². The van der Waals surface area contributed by atoms with Crippen molar-refractivity contribution < 1.29 is 14.3 Å². The molecule has 3 nitrogen and oxygen atoms in total. The molecule has 0 aromatic heterocycles. The Kier molecular flexibility index (Phi) is 9.78. The van der Waals surface area contributed by atoms with Gasteiger partial charge in [0, 0.05) is 12.3 Å². The average molecular weight is 242 g/mol. The molecule has 0 N–H and O–H groups in total. The van der Waals surface area contributed by atoms with Crippen molar-refractivity contribution in [2.45, 2.75) is 65.2 Å². The first-order chi connectivity index (χ1) is 8.07. The molecule has 0 aliphatic heterocycles.